The van der Waals surface area contributed by atoms with Crippen LogP contribution in [-0.4, -0.2) is 34.5 Å². The molecule has 0 radical (unpaired) electrons. The molecular weight excluding hydrogens is 386 g/mol. The van der Waals surface area contributed by atoms with Crippen LogP contribution in [0, 0.1) is 6.92 Å². The number of hydrogen-bond donors (Lipinski definition) is 0. The Labute approximate surface area is 173 Å². The van der Waals surface area contributed by atoms with Crippen molar-refractivity contribution in [2.75, 3.05) is 11.4 Å². The Morgan fingerprint density at radius 3 is 2.76 bits per heavy atom. The second kappa shape index (κ2) is 8.13. The van der Waals surface area contributed by atoms with E-state index in [1.54, 1.807) is 24.9 Å². The van der Waals surface area contributed by atoms with E-state index < -0.39 is 12.1 Å². The third-order valence-corrected chi connectivity index (χ3v) is 6.03. The van der Waals surface area contributed by atoms with Crippen molar-refractivity contribution in [3.8, 4) is 10.7 Å². The summed E-state index contributed by atoms with van der Waals surface area (Å²) in [5.74, 6) is -0.744. The van der Waals surface area contributed by atoms with Gasteiger partial charge in [-0.2, -0.15) is 0 Å². The number of benzene rings is 1. The molecule has 29 heavy (non-hydrogen) atoms. The molecule has 0 aliphatic carbocycles. The molecule has 4 rings (SSSR count). The topological polar surface area (TPSA) is 72.4 Å². The Balaban J connectivity index is 1.49. The Morgan fingerprint density at radius 1 is 1.17 bits per heavy atom. The van der Waals surface area contributed by atoms with Crippen LogP contribution in [0.2, 0.25) is 0 Å². The molecule has 3 aromatic rings. The molecule has 1 aliphatic rings. The molecule has 0 spiro atoms. The van der Waals surface area contributed by atoms with Crippen LogP contribution in [0.25, 0.3) is 10.7 Å². The van der Waals surface area contributed by atoms with Crippen LogP contribution >= 0.6 is 11.3 Å². The van der Waals surface area contributed by atoms with Gasteiger partial charge in [-0.05, 0) is 50.5 Å². The first-order chi connectivity index (χ1) is 14.0. The fraction of sp³-hybridized carbons (Fsp3) is 0.273. The van der Waals surface area contributed by atoms with Gasteiger partial charge in [-0.25, -0.2) is 9.78 Å². The predicted octanol–water partition coefficient (Wildman–Crippen LogP) is 4.04. The number of aryl methyl sites for hydroxylation is 2. The third-order valence-electron chi connectivity index (χ3n) is 4.87. The van der Waals surface area contributed by atoms with Crippen LogP contribution < -0.4 is 4.90 Å². The molecule has 2 aromatic heterocycles. The maximum absolute atomic E-state index is 13.0. The SMILES string of the molecule is Cc1nc(-c2ccccn2)sc1C(=O)OC(C)C(=O)N1CCCc2ccccc21. The van der Waals surface area contributed by atoms with Gasteiger partial charge in [0.05, 0.1) is 11.4 Å². The molecule has 0 saturated carbocycles. The molecule has 1 aromatic carbocycles. The van der Waals surface area contributed by atoms with E-state index in [4.69, 9.17) is 4.74 Å². The van der Waals surface area contributed by atoms with Gasteiger partial charge < -0.3 is 9.64 Å². The molecule has 0 N–H and O–H groups in total. The van der Waals surface area contributed by atoms with Crippen LogP contribution in [-0.2, 0) is 16.0 Å². The molecule has 1 atom stereocenters. The molecule has 0 bridgehead atoms. The van der Waals surface area contributed by atoms with Crippen LogP contribution in [0.4, 0.5) is 5.69 Å². The van der Waals surface area contributed by atoms with Crippen LogP contribution in [0.15, 0.2) is 48.7 Å². The summed E-state index contributed by atoms with van der Waals surface area (Å²) in [5.41, 5.74) is 3.32. The summed E-state index contributed by atoms with van der Waals surface area (Å²) in [5, 5.41) is 0.652. The van der Waals surface area contributed by atoms with Gasteiger partial charge in [0.15, 0.2) is 6.10 Å². The molecule has 0 fully saturated rings. The van der Waals surface area contributed by atoms with Crippen molar-refractivity contribution in [2.45, 2.75) is 32.8 Å². The summed E-state index contributed by atoms with van der Waals surface area (Å²) in [6.45, 7) is 4.00. The number of rotatable bonds is 4. The monoisotopic (exact) mass is 407 g/mol. The van der Waals surface area contributed by atoms with Crippen molar-refractivity contribution in [1.82, 2.24) is 9.97 Å². The summed E-state index contributed by atoms with van der Waals surface area (Å²) in [6.07, 6.45) is 2.64. The van der Waals surface area contributed by atoms with Crippen LogP contribution in [0.3, 0.4) is 0 Å². The summed E-state index contributed by atoms with van der Waals surface area (Å²) in [4.78, 5) is 36.5. The molecule has 1 aliphatic heterocycles. The minimum atomic E-state index is -0.881. The fourth-order valence-corrected chi connectivity index (χ4v) is 4.36. The number of pyridine rings is 1. The van der Waals surface area contributed by atoms with E-state index in [1.807, 2.05) is 42.5 Å². The van der Waals surface area contributed by atoms with Gasteiger partial charge in [0, 0.05) is 18.4 Å². The zero-order valence-electron chi connectivity index (χ0n) is 16.3. The van der Waals surface area contributed by atoms with Gasteiger partial charge in [-0.15, -0.1) is 11.3 Å². The first kappa shape index (κ1) is 19.3. The lowest BCUT2D eigenvalue weighted by atomic mass is 10.0. The van der Waals surface area contributed by atoms with Gasteiger partial charge >= 0.3 is 5.97 Å². The van der Waals surface area contributed by atoms with Crippen molar-refractivity contribution in [3.63, 3.8) is 0 Å². The van der Waals surface area contributed by atoms with E-state index in [9.17, 15) is 9.59 Å². The maximum atomic E-state index is 13.0. The minimum Gasteiger partial charge on any atom is -0.448 e. The van der Waals surface area contributed by atoms with E-state index in [-0.39, 0.29) is 5.91 Å². The van der Waals surface area contributed by atoms with Gasteiger partial charge in [-0.1, -0.05) is 24.3 Å². The number of fused-ring (bicyclic) bond motifs is 1. The highest BCUT2D eigenvalue weighted by Gasteiger charge is 2.29. The molecule has 6 nitrogen and oxygen atoms in total. The predicted molar refractivity (Wildman–Crippen MR) is 112 cm³/mol. The number of anilines is 1. The zero-order chi connectivity index (χ0) is 20.4. The van der Waals surface area contributed by atoms with Crippen LogP contribution in [0.1, 0.15) is 34.3 Å². The number of aromatic nitrogens is 2. The lowest BCUT2D eigenvalue weighted by Crippen LogP contribution is -2.42. The fourth-order valence-electron chi connectivity index (χ4n) is 3.43. The van der Waals surface area contributed by atoms with E-state index in [1.165, 1.54) is 11.3 Å². The largest absolute Gasteiger partial charge is 0.448 e. The van der Waals surface area contributed by atoms with Gasteiger partial charge in [0.25, 0.3) is 5.91 Å². The number of ether oxygens (including phenoxy) is 1. The Kier molecular flexibility index (Phi) is 5.40. The molecule has 1 unspecified atom stereocenters. The average molecular weight is 407 g/mol. The van der Waals surface area contributed by atoms with Crippen LogP contribution in [0.5, 0.6) is 0 Å². The van der Waals surface area contributed by atoms with E-state index in [0.717, 1.165) is 24.1 Å². The summed E-state index contributed by atoms with van der Waals surface area (Å²) < 4.78 is 5.52. The highest BCUT2D eigenvalue weighted by atomic mass is 32.1. The lowest BCUT2D eigenvalue weighted by Gasteiger charge is -2.31. The van der Waals surface area contributed by atoms with Crippen molar-refractivity contribution in [3.05, 3.63) is 64.8 Å². The standard InChI is InChI=1S/C22H21N3O3S/c1-14-19(29-20(24-14)17-10-5-6-12-23-17)22(27)28-15(2)21(26)25-13-7-9-16-8-3-4-11-18(16)25/h3-6,8,10-12,15H,7,9,13H2,1-2H3. The first-order valence-electron chi connectivity index (χ1n) is 9.53. The van der Waals surface area contributed by atoms with Gasteiger partial charge in [0.2, 0.25) is 0 Å². The molecular formula is C22H21N3O3S. The molecule has 1 amide bonds. The Hall–Kier alpha value is -3.06. The number of hydrogen-bond acceptors (Lipinski definition) is 6. The number of carbonyl (C=O) groups excluding carboxylic acids is 2. The van der Waals surface area contributed by atoms with Crippen molar-refractivity contribution in [2.24, 2.45) is 0 Å². The third kappa shape index (κ3) is 3.91. The maximum Gasteiger partial charge on any atom is 0.351 e. The second-order valence-electron chi connectivity index (χ2n) is 6.92. The number of amides is 1. The van der Waals surface area contributed by atoms with E-state index >= 15 is 0 Å². The summed E-state index contributed by atoms with van der Waals surface area (Å²) in [7, 11) is 0. The van der Waals surface area contributed by atoms with E-state index in [2.05, 4.69) is 9.97 Å². The first-order valence-corrected chi connectivity index (χ1v) is 10.4. The molecule has 7 heteroatoms. The normalized spacial score (nSPS) is 14.2. The smallest absolute Gasteiger partial charge is 0.351 e. The second-order valence-corrected chi connectivity index (χ2v) is 7.92. The number of carbonyl (C=O) groups is 2. The van der Waals surface area contributed by atoms with Crippen molar-refractivity contribution in [1.29, 1.82) is 0 Å². The molecule has 3 heterocycles. The van der Waals surface area contributed by atoms with Crippen molar-refractivity contribution < 1.29 is 14.3 Å². The summed E-state index contributed by atoms with van der Waals surface area (Å²) in [6, 6.07) is 13.4. The highest BCUT2D eigenvalue weighted by Crippen LogP contribution is 2.29. The minimum absolute atomic E-state index is 0.211. The number of nitrogens with zero attached hydrogens (tertiary/aromatic N) is 3. The number of para-hydroxylation sites is 1. The summed E-state index contributed by atoms with van der Waals surface area (Å²) >= 11 is 1.23. The zero-order valence-corrected chi connectivity index (χ0v) is 17.1. The highest BCUT2D eigenvalue weighted by molar-refractivity contribution is 7.17. The average Bonchev–Trinajstić information content (AvgIpc) is 3.15. The molecule has 0 saturated heterocycles. The van der Waals surface area contributed by atoms with Crippen molar-refractivity contribution >= 4 is 28.9 Å². The Bertz CT molecular complexity index is 1050. The quantitative estimate of drug-likeness (QED) is 0.611. The van der Waals surface area contributed by atoms with Gasteiger partial charge in [0.1, 0.15) is 9.88 Å². The van der Waals surface area contributed by atoms with E-state index in [0.29, 0.717) is 27.8 Å². The Morgan fingerprint density at radius 2 is 1.97 bits per heavy atom. The molecule has 148 valence electrons. The lowest BCUT2D eigenvalue weighted by molar-refractivity contribution is -0.126. The van der Waals surface area contributed by atoms with Gasteiger partial charge in [-0.3, -0.25) is 9.78 Å². The number of esters is 1. The number of thiazole rings is 1.